The second kappa shape index (κ2) is 7.10. The van der Waals surface area contributed by atoms with Crippen LogP contribution in [0, 0.1) is 11.6 Å². The van der Waals surface area contributed by atoms with E-state index in [-0.39, 0.29) is 12.2 Å². The smallest absolute Gasteiger partial charge is 0.243 e. The third-order valence-corrected chi connectivity index (χ3v) is 4.11. The van der Waals surface area contributed by atoms with Crippen LogP contribution >= 0.6 is 0 Å². The maximum absolute atomic E-state index is 13.2. The summed E-state index contributed by atoms with van der Waals surface area (Å²) in [6, 6.07) is 10.6. The van der Waals surface area contributed by atoms with Crippen LogP contribution in [0.1, 0.15) is 18.9 Å². The minimum absolute atomic E-state index is 0.0604. The van der Waals surface area contributed by atoms with Crippen LogP contribution in [0.25, 0.3) is 11.4 Å². The normalized spacial score (nSPS) is 13.4. The molecule has 1 aliphatic carbocycles. The summed E-state index contributed by atoms with van der Waals surface area (Å²) in [7, 11) is 0. The average Bonchev–Trinajstić information content (AvgIpc) is 3.36. The molecular weight excluding hydrogens is 354 g/mol. The molecule has 2 aromatic carbocycles. The fraction of sp³-hybridized carbons (Fsp3) is 0.222. The molecule has 138 valence electrons. The Bertz CT molecular complexity index is 965. The summed E-state index contributed by atoms with van der Waals surface area (Å²) in [5, 5.41) is 17.3. The van der Waals surface area contributed by atoms with E-state index in [1.165, 1.54) is 0 Å². The van der Waals surface area contributed by atoms with Crippen molar-refractivity contribution in [2.24, 2.45) is 0 Å². The Labute approximate surface area is 153 Å². The molecule has 0 saturated heterocycles. The molecule has 0 bridgehead atoms. The first-order valence-electron chi connectivity index (χ1n) is 8.46. The molecular formula is C18H16F2N6O. The van der Waals surface area contributed by atoms with E-state index < -0.39 is 17.5 Å². The van der Waals surface area contributed by atoms with Crippen molar-refractivity contribution in [1.29, 1.82) is 0 Å². The molecule has 3 aromatic rings. The van der Waals surface area contributed by atoms with Gasteiger partial charge in [0, 0.05) is 23.0 Å². The van der Waals surface area contributed by atoms with E-state index in [1.54, 1.807) is 0 Å². The zero-order valence-electron chi connectivity index (χ0n) is 14.2. The Morgan fingerprint density at radius 1 is 1.11 bits per heavy atom. The molecule has 0 radical (unpaired) electrons. The highest BCUT2D eigenvalue weighted by Crippen LogP contribution is 2.36. The Hall–Kier alpha value is -3.36. The van der Waals surface area contributed by atoms with Crippen molar-refractivity contribution in [3.63, 3.8) is 0 Å². The third-order valence-electron chi connectivity index (χ3n) is 4.11. The molecule has 0 unspecified atom stereocenters. The lowest BCUT2D eigenvalue weighted by molar-refractivity contribution is -0.114. The SMILES string of the molecule is O=C(CNc1cccc(-c2nnnn2C2CC2)c1)Nc1cc(F)cc(F)c1. The molecule has 1 heterocycles. The number of tetrazole rings is 1. The van der Waals surface area contributed by atoms with E-state index in [0.29, 0.717) is 17.6 Å². The van der Waals surface area contributed by atoms with Crippen LogP contribution in [0.3, 0.4) is 0 Å². The van der Waals surface area contributed by atoms with E-state index in [1.807, 2.05) is 28.9 Å². The second-order valence-electron chi connectivity index (χ2n) is 6.32. The molecule has 1 amide bonds. The first kappa shape index (κ1) is 17.1. The average molecular weight is 370 g/mol. The lowest BCUT2D eigenvalue weighted by Gasteiger charge is -2.09. The van der Waals surface area contributed by atoms with E-state index in [0.717, 1.165) is 36.6 Å². The summed E-state index contributed by atoms with van der Waals surface area (Å²) in [6.45, 7) is -0.0604. The number of carbonyl (C=O) groups is 1. The van der Waals surface area contributed by atoms with Crippen molar-refractivity contribution >= 4 is 17.3 Å². The van der Waals surface area contributed by atoms with E-state index >= 15 is 0 Å². The number of aromatic nitrogens is 4. The van der Waals surface area contributed by atoms with Crippen molar-refractivity contribution in [1.82, 2.24) is 20.2 Å². The van der Waals surface area contributed by atoms with Gasteiger partial charge in [0.05, 0.1) is 12.6 Å². The number of anilines is 2. The van der Waals surface area contributed by atoms with E-state index in [9.17, 15) is 13.6 Å². The van der Waals surface area contributed by atoms with Crippen LogP contribution in [-0.2, 0) is 4.79 Å². The molecule has 27 heavy (non-hydrogen) atoms. The molecule has 2 N–H and O–H groups in total. The standard InChI is InChI=1S/C18H16F2N6O/c19-12-7-13(20)9-15(8-12)22-17(27)10-21-14-3-1-2-11(6-14)18-23-24-25-26(18)16-4-5-16/h1-3,6-9,16,21H,4-5,10H2,(H,22,27). The predicted molar refractivity (Wildman–Crippen MR) is 95.0 cm³/mol. The highest BCUT2D eigenvalue weighted by atomic mass is 19.1. The van der Waals surface area contributed by atoms with Gasteiger partial charge >= 0.3 is 0 Å². The fourth-order valence-electron chi connectivity index (χ4n) is 2.73. The van der Waals surface area contributed by atoms with Gasteiger partial charge in [-0.25, -0.2) is 13.5 Å². The van der Waals surface area contributed by atoms with E-state index in [4.69, 9.17) is 0 Å². The molecule has 1 aromatic heterocycles. The Morgan fingerprint density at radius 2 is 1.89 bits per heavy atom. The molecule has 1 saturated carbocycles. The maximum Gasteiger partial charge on any atom is 0.243 e. The summed E-state index contributed by atoms with van der Waals surface area (Å²) in [4.78, 5) is 12.0. The van der Waals surface area contributed by atoms with Crippen molar-refractivity contribution in [2.45, 2.75) is 18.9 Å². The molecule has 1 fully saturated rings. The zero-order chi connectivity index (χ0) is 18.8. The van der Waals surface area contributed by atoms with Crippen LogP contribution in [-0.4, -0.2) is 32.7 Å². The van der Waals surface area contributed by atoms with Gasteiger partial charge in [-0.15, -0.1) is 5.10 Å². The molecule has 4 rings (SSSR count). The van der Waals surface area contributed by atoms with Crippen LogP contribution in [0.15, 0.2) is 42.5 Å². The molecule has 0 atom stereocenters. The summed E-state index contributed by atoms with van der Waals surface area (Å²) in [6.07, 6.45) is 2.13. The number of rotatable bonds is 6. The number of carbonyl (C=O) groups excluding carboxylic acids is 1. The van der Waals surface area contributed by atoms with Gasteiger partial charge < -0.3 is 10.6 Å². The van der Waals surface area contributed by atoms with Gasteiger partial charge in [0.15, 0.2) is 5.82 Å². The van der Waals surface area contributed by atoms with Gasteiger partial charge in [0.25, 0.3) is 0 Å². The van der Waals surface area contributed by atoms with Crippen LogP contribution in [0.4, 0.5) is 20.2 Å². The number of hydrogen-bond acceptors (Lipinski definition) is 5. The minimum atomic E-state index is -0.751. The van der Waals surface area contributed by atoms with Gasteiger partial charge in [-0.3, -0.25) is 4.79 Å². The molecule has 7 nitrogen and oxygen atoms in total. The van der Waals surface area contributed by atoms with Gasteiger partial charge in [-0.2, -0.15) is 0 Å². The number of hydrogen-bond donors (Lipinski definition) is 2. The zero-order valence-corrected chi connectivity index (χ0v) is 14.2. The Kier molecular flexibility index (Phi) is 4.49. The van der Waals surface area contributed by atoms with Gasteiger partial charge in [-0.1, -0.05) is 12.1 Å². The number of amides is 1. The largest absolute Gasteiger partial charge is 0.376 e. The number of nitrogens with one attached hydrogen (secondary N) is 2. The molecule has 1 aliphatic rings. The number of benzene rings is 2. The summed E-state index contributed by atoms with van der Waals surface area (Å²) >= 11 is 0. The molecule has 0 aliphatic heterocycles. The summed E-state index contributed by atoms with van der Waals surface area (Å²) in [5.41, 5.74) is 1.61. The minimum Gasteiger partial charge on any atom is -0.376 e. The summed E-state index contributed by atoms with van der Waals surface area (Å²) in [5.74, 6) is -1.24. The Morgan fingerprint density at radius 3 is 2.63 bits per heavy atom. The topological polar surface area (TPSA) is 84.7 Å². The van der Waals surface area contributed by atoms with Crippen molar-refractivity contribution in [2.75, 3.05) is 17.2 Å². The number of halogens is 2. The first-order valence-corrected chi connectivity index (χ1v) is 8.46. The van der Waals surface area contributed by atoms with Gasteiger partial charge in [-0.05, 0) is 47.5 Å². The summed E-state index contributed by atoms with van der Waals surface area (Å²) < 4.78 is 28.2. The quantitative estimate of drug-likeness (QED) is 0.697. The van der Waals surface area contributed by atoms with Crippen LogP contribution in [0.5, 0.6) is 0 Å². The van der Waals surface area contributed by atoms with E-state index in [2.05, 4.69) is 26.2 Å². The molecule has 0 spiro atoms. The lowest BCUT2D eigenvalue weighted by atomic mass is 10.2. The highest BCUT2D eigenvalue weighted by molar-refractivity contribution is 5.93. The van der Waals surface area contributed by atoms with Crippen molar-refractivity contribution in [3.05, 3.63) is 54.1 Å². The number of nitrogens with zero attached hydrogens (tertiary/aromatic N) is 4. The highest BCUT2D eigenvalue weighted by Gasteiger charge is 2.28. The molecule has 9 heteroatoms. The van der Waals surface area contributed by atoms with Gasteiger partial charge in [0.1, 0.15) is 11.6 Å². The van der Waals surface area contributed by atoms with Crippen molar-refractivity contribution in [3.8, 4) is 11.4 Å². The van der Waals surface area contributed by atoms with Crippen molar-refractivity contribution < 1.29 is 13.6 Å². The monoisotopic (exact) mass is 370 g/mol. The lowest BCUT2D eigenvalue weighted by Crippen LogP contribution is -2.21. The second-order valence-corrected chi connectivity index (χ2v) is 6.32. The van der Waals surface area contributed by atoms with Gasteiger partial charge in [0.2, 0.25) is 5.91 Å². The van der Waals surface area contributed by atoms with Crippen LogP contribution < -0.4 is 10.6 Å². The first-order chi connectivity index (χ1) is 13.1. The maximum atomic E-state index is 13.2. The Balaban J connectivity index is 1.41. The predicted octanol–water partition coefficient (Wildman–Crippen LogP) is 3.00. The van der Waals surface area contributed by atoms with Crippen LogP contribution in [0.2, 0.25) is 0 Å². The fourth-order valence-corrected chi connectivity index (χ4v) is 2.73. The third kappa shape index (κ3) is 4.08.